The van der Waals surface area contributed by atoms with E-state index in [9.17, 15) is 4.79 Å². The van der Waals surface area contributed by atoms with Crippen LogP contribution in [0.25, 0.3) is 22.2 Å². The topological polar surface area (TPSA) is 64.1 Å². The summed E-state index contributed by atoms with van der Waals surface area (Å²) in [6, 6.07) is 23.2. The molecule has 5 heteroatoms. The number of nitrogens with one attached hydrogen (secondary N) is 1. The number of anilines is 2. The average Bonchev–Trinajstić information content (AvgIpc) is 2.74. The van der Waals surface area contributed by atoms with Gasteiger partial charge in [0.2, 0.25) is 5.95 Å². The van der Waals surface area contributed by atoms with Crippen LogP contribution in [0.3, 0.4) is 0 Å². The molecule has 5 nitrogen and oxygen atoms in total. The van der Waals surface area contributed by atoms with Crippen molar-refractivity contribution in [1.82, 2.24) is 9.97 Å². The van der Waals surface area contributed by atoms with Crippen LogP contribution in [-0.4, -0.2) is 23.0 Å². The summed E-state index contributed by atoms with van der Waals surface area (Å²) in [4.78, 5) is 21.5. The molecule has 1 heterocycles. The highest BCUT2D eigenvalue weighted by Gasteiger charge is 2.14. The van der Waals surface area contributed by atoms with Gasteiger partial charge in [0.25, 0.3) is 0 Å². The summed E-state index contributed by atoms with van der Waals surface area (Å²) in [5.74, 6) is 0.00866. The second kappa shape index (κ2) is 7.48. The molecule has 0 fully saturated rings. The van der Waals surface area contributed by atoms with Crippen LogP contribution < -0.4 is 5.32 Å². The highest BCUT2D eigenvalue weighted by molar-refractivity contribution is 5.97. The van der Waals surface area contributed by atoms with Gasteiger partial charge in [0.15, 0.2) is 0 Å². The summed E-state index contributed by atoms with van der Waals surface area (Å²) in [5.41, 5.74) is 4.85. The van der Waals surface area contributed by atoms with E-state index in [1.54, 1.807) is 18.2 Å². The first-order valence-electron chi connectivity index (χ1n) is 8.94. The molecule has 4 aromatic rings. The predicted molar refractivity (Wildman–Crippen MR) is 111 cm³/mol. The Kier molecular flexibility index (Phi) is 4.72. The lowest BCUT2D eigenvalue weighted by molar-refractivity contribution is 0.0602. The van der Waals surface area contributed by atoms with Gasteiger partial charge < -0.3 is 10.1 Å². The van der Waals surface area contributed by atoms with Crippen LogP contribution >= 0.6 is 0 Å². The van der Waals surface area contributed by atoms with Gasteiger partial charge in [0.05, 0.1) is 29.6 Å². The van der Waals surface area contributed by atoms with E-state index in [-0.39, 0.29) is 0 Å². The quantitative estimate of drug-likeness (QED) is 0.505. The van der Waals surface area contributed by atoms with E-state index < -0.39 is 5.97 Å². The number of ether oxygens (including phenoxy) is 1. The zero-order chi connectivity index (χ0) is 19.5. The Hall–Kier alpha value is -3.73. The molecule has 138 valence electrons. The fourth-order valence-corrected chi connectivity index (χ4v) is 3.11. The molecule has 28 heavy (non-hydrogen) atoms. The van der Waals surface area contributed by atoms with Gasteiger partial charge in [-0.25, -0.2) is 14.8 Å². The first kappa shape index (κ1) is 17.7. The van der Waals surface area contributed by atoms with Crippen LogP contribution in [0.2, 0.25) is 0 Å². The Balaban J connectivity index is 1.86. The third kappa shape index (κ3) is 3.42. The maximum atomic E-state index is 12.1. The molecule has 0 radical (unpaired) electrons. The number of fused-ring (bicyclic) bond motifs is 1. The number of para-hydroxylation sites is 1. The number of aromatic nitrogens is 2. The fraction of sp³-hybridized carbons (Fsp3) is 0.0870. The van der Waals surface area contributed by atoms with Crippen molar-refractivity contribution in [2.24, 2.45) is 0 Å². The Morgan fingerprint density at radius 2 is 1.68 bits per heavy atom. The van der Waals surface area contributed by atoms with Crippen LogP contribution in [0, 0.1) is 6.92 Å². The molecule has 0 spiro atoms. The van der Waals surface area contributed by atoms with E-state index >= 15 is 0 Å². The first-order valence-corrected chi connectivity index (χ1v) is 8.94. The number of carbonyl (C=O) groups excluding carboxylic acids is 1. The van der Waals surface area contributed by atoms with Crippen LogP contribution in [-0.2, 0) is 4.74 Å². The Morgan fingerprint density at radius 1 is 0.929 bits per heavy atom. The molecule has 3 aromatic carbocycles. The lowest BCUT2D eigenvalue weighted by Crippen LogP contribution is -2.07. The van der Waals surface area contributed by atoms with E-state index in [1.807, 2.05) is 55.5 Å². The maximum absolute atomic E-state index is 12.1. The zero-order valence-corrected chi connectivity index (χ0v) is 15.6. The molecule has 1 N–H and O–H groups in total. The molecule has 0 unspecified atom stereocenters. The number of esters is 1. The van der Waals surface area contributed by atoms with E-state index in [1.165, 1.54) is 7.11 Å². The van der Waals surface area contributed by atoms with Crippen molar-refractivity contribution in [3.8, 4) is 11.3 Å². The van der Waals surface area contributed by atoms with Crippen molar-refractivity contribution in [3.63, 3.8) is 0 Å². The minimum Gasteiger partial charge on any atom is -0.465 e. The number of hydrogen-bond donors (Lipinski definition) is 1. The fourth-order valence-electron chi connectivity index (χ4n) is 3.11. The van der Waals surface area contributed by atoms with Gasteiger partial charge >= 0.3 is 5.97 Å². The van der Waals surface area contributed by atoms with E-state index in [2.05, 4.69) is 16.4 Å². The summed E-state index contributed by atoms with van der Waals surface area (Å²) in [7, 11) is 1.36. The van der Waals surface area contributed by atoms with Gasteiger partial charge in [0, 0.05) is 10.9 Å². The molecule has 0 aliphatic rings. The summed E-state index contributed by atoms with van der Waals surface area (Å²) in [5, 5.41) is 4.17. The highest BCUT2D eigenvalue weighted by atomic mass is 16.5. The van der Waals surface area contributed by atoms with Crippen LogP contribution in [0.1, 0.15) is 15.9 Å². The molecular formula is C23H19N3O2. The third-order valence-electron chi connectivity index (χ3n) is 4.48. The van der Waals surface area contributed by atoms with Gasteiger partial charge in [-0.1, -0.05) is 54.1 Å². The van der Waals surface area contributed by atoms with Gasteiger partial charge in [-0.3, -0.25) is 0 Å². The van der Waals surface area contributed by atoms with Crippen molar-refractivity contribution in [3.05, 3.63) is 83.9 Å². The first-order chi connectivity index (χ1) is 13.7. The third-order valence-corrected chi connectivity index (χ3v) is 4.48. The number of methoxy groups -OCH3 is 1. The molecule has 1 aromatic heterocycles. The smallest absolute Gasteiger partial charge is 0.339 e. The summed E-state index contributed by atoms with van der Waals surface area (Å²) in [6.07, 6.45) is 0. The lowest BCUT2D eigenvalue weighted by atomic mass is 10.0. The Morgan fingerprint density at radius 3 is 2.46 bits per heavy atom. The molecule has 4 rings (SSSR count). The van der Waals surface area contributed by atoms with Gasteiger partial charge in [-0.15, -0.1) is 0 Å². The minimum absolute atomic E-state index is 0.414. The highest BCUT2D eigenvalue weighted by Crippen LogP contribution is 2.29. The maximum Gasteiger partial charge on any atom is 0.339 e. The van der Waals surface area contributed by atoms with Gasteiger partial charge in [0.1, 0.15) is 0 Å². The number of carbonyl (C=O) groups is 1. The van der Waals surface area contributed by atoms with Crippen LogP contribution in [0.5, 0.6) is 0 Å². The van der Waals surface area contributed by atoms with E-state index in [0.29, 0.717) is 17.2 Å². The van der Waals surface area contributed by atoms with Crippen molar-refractivity contribution < 1.29 is 9.53 Å². The van der Waals surface area contributed by atoms with E-state index in [0.717, 1.165) is 27.7 Å². The average molecular weight is 369 g/mol. The van der Waals surface area contributed by atoms with Crippen molar-refractivity contribution >= 4 is 28.5 Å². The molecular weight excluding hydrogens is 350 g/mol. The number of aryl methyl sites for hydroxylation is 1. The van der Waals surface area contributed by atoms with Crippen molar-refractivity contribution in [2.45, 2.75) is 6.92 Å². The number of hydrogen-bond acceptors (Lipinski definition) is 5. The Bertz CT molecular complexity index is 1160. The Labute approximate surface area is 163 Å². The predicted octanol–water partition coefficient (Wildman–Crippen LogP) is 5.14. The number of nitrogens with zero attached hydrogens (tertiary/aromatic N) is 2. The largest absolute Gasteiger partial charge is 0.465 e. The number of rotatable bonds is 4. The standard InChI is InChI=1S/C23H19N3O2/c1-15-12-13-20-18(14-15)21(16-8-4-3-5-9-16)26-23(25-20)24-19-11-7-6-10-17(19)22(27)28-2/h3-14H,1-2H3,(H,24,25,26). The minimum atomic E-state index is -0.414. The van der Waals surface area contributed by atoms with Gasteiger partial charge in [-0.05, 0) is 31.2 Å². The van der Waals surface area contributed by atoms with Crippen LogP contribution in [0.15, 0.2) is 72.8 Å². The lowest BCUT2D eigenvalue weighted by Gasteiger charge is -2.13. The van der Waals surface area contributed by atoms with Crippen LogP contribution in [0.4, 0.5) is 11.6 Å². The van der Waals surface area contributed by atoms with E-state index in [4.69, 9.17) is 9.72 Å². The SMILES string of the molecule is COC(=O)c1ccccc1Nc1nc(-c2ccccc2)c2cc(C)ccc2n1. The second-order valence-corrected chi connectivity index (χ2v) is 6.44. The molecule has 0 amide bonds. The second-order valence-electron chi connectivity index (χ2n) is 6.44. The van der Waals surface area contributed by atoms with Gasteiger partial charge in [-0.2, -0.15) is 0 Å². The monoisotopic (exact) mass is 369 g/mol. The molecule has 0 bridgehead atoms. The molecule has 0 aliphatic carbocycles. The molecule has 0 saturated carbocycles. The summed E-state index contributed by atoms with van der Waals surface area (Å²) < 4.78 is 4.87. The summed E-state index contributed by atoms with van der Waals surface area (Å²) >= 11 is 0. The number of benzene rings is 3. The molecule has 0 atom stereocenters. The zero-order valence-electron chi connectivity index (χ0n) is 15.6. The molecule has 0 saturated heterocycles. The molecule has 0 aliphatic heterocycles. The van der Waals surface area contributed by atoms with Crippen molar-refractivity contribution in [1.29, 1.82) is 0 Å². The normalized spacial score (nSPS) is 10.6. The van der Waals surface area contributed by atoms with Crippen molar-refractivity contribution in [2.75, 3.05) is 12.4 Å². The summed E-state index contributed by atoms with van der Waals surface area (Å²) in [6.45, 7) is 2.05.